The molecule has 6 heteroatoms. The van der Waals surface area contributed by atoms with Crippen molar-refractivity contribution in [2.24, 2.45) is 0 Å². The third-order valence-corrected chi connectivity index (χ3v) is 5.60. The van der Waals surface area contributed by atoms with E-state index < -0.39 is 13.1 Å². The standard InChI is InChI=1S/C21H26BNO4/c1-13-8-9-15(16-12-23-18(10-14(16)2)19(24)25-7)11-17(13)22-26-20(3,4)21(5,6)27-22/h8-12H,1-7H3. The molecule has 0 bridgehead atoms. The number of benzene rings is 1. The first-order valence-corrected chi connectivity index (χ1v) is 9.07. The molecular formula is C21H26BNO4. The van der Waals surface area contributed by atoms with Crippen LogP contribution >= 0.6 is 0 Å². The van der Waals surface area contributed by atoms with Crippen LogP contribution in [0.3, 0.4) is 0 Å². The predicted octanol–water partition coefficient (Wildman–Crippen LogP) is 3.45. The molecule has 5 nitrogen and oxygen atoms in total. The molecule has 1 aromatic heterocycles. The van der Waals surface area contributed by atoms with Crippen molar-refractivity contribution < 1.29 is 18.8 Å². The van der Waals surface area contributed by atoms with Crippen molar-refractivity contribution in [1.29, 1.82) is 0 Å². The second-order valence-corrected chi connectivity index (χ2v) is 8.04. The van der Waals surface area contributed by atoms with Crippen LogP contribution in [0.15, 0.2) is 30.5 Å². The molecule has 0 unspecified atom stereocenters. The molecule has 0 atom stereocenters. The van der Waals surface area contributed by atoms with Gasteiger partial charge in [-0.25, -0.2) is 9.78 Å². The van der Waals surface area contributed by atoms with E-state index in [1.54, 1.807) is 12.3 Å². The number of rotatable bonds is 3. The third-order valence-electron chi connectivity index (χ3n) is 5.60. The van der Waals surface area contributed by atoms with Crippen LogP contribution in [-0.2, 0) is 14.0 Å². The molecule has 0 radical (unpaired) electrons. The molecule has 0 spiro atoms. The van der Waals surface area contributed by atoms with Crippen molar-refractivity contribution >= 4 is 18.6 Å². The summed E-state index contributed by atoms with van der Waals surface area (Å²) in [6, 6.07) is 7.93. The highest BCUT2D eigenvalue weighted by atomic mass is 16.7. The van der Waals surface area contributed by atoms with Crippen molar-refractivity contribution in [3.05, 3.63) is 47.3 Å². The van der Waals surface area contributed by atoms with Crippen LogP contribution in [-0.4, -0.2) is 36.4 Å². The number of ether oxygens (including phenoxy) is 1. The number of hydrogen-bond acceptors (Lipinski definition) is 5. The van der Waals surface area contributed by atoms with Crippen LogP contribution in [0.1, 0.15) is 49.3 Å². The Morgan fingerprint density at radius 2 is 1.67 bits per heavy atom. The summed E-state index contributed by atoms with van der Waals surface area (Å²) in [5.74, 6) is -0.438. The molecule has 0 amide bonds. The molecule has 1 aliphatic rings. The summed E-state index contributed by atoms with van der Waals surface area (Å²) in [5.41, 5.74) is 4.55. The summed E-state index contributed by atoms with van der Waals surface area (Å²) in [6.45, 7) is 12.2. The van der Waals surface area contributed by atoms with Crippen LogP contribution in [0.2, 0.25) is 0 Å². The van der Waals surface area contributed by atoms with E-state index in [0.717, 1.165) is 27.7 Å². The number of aryl methyl sites for hydroxylation is 2. The Morgan fingerprint density at radius 3 is 2.22 bits per heavy atom. The summed E-state index contributed by atoms with van der Waals surface area (Å²) in [5, 5.41) is 0. The van der Waals surface area contributed by atoms with E-state index in [4.69, 9.17) is 14.0 Å². The maximum atomic E-state index is 11.7. The second-order valence-electron chi connectivity index (χ2n) is 8.04. The minimum atomic E-state index is -0.438. The van der Waals surface area contributed by atoms with Gasteiger partial charge < -0.3 is 14.0 Å². The lowest BCUT2D eigenvalue weighted by atomic mass is 9.75. The van der Waals surface area contributed by atoms with E-state index in [2.05, 4.69) is 24.0 Å². The largest absolute Gasteiger partial charge is 0.495 e. The molecule has 1 fully saturated rings. The lowest BCUT2D eigenvalue weighted by Gasteiger charge is -2.32. The smallest absolute Gasteiger partial charge is 0.464 e. The molecule has 0 N–H and O–H groups in total. The average molecular weight is 367 g/mol. The van der Waals surface area contributed by atoms with E-state index in [0.29, 0.717) is 5.69 Å². The zero-order valence-corrected chi connectivity index (χ0v) is 17.0. The summed E-state index contributed by atoms with van der Waals surface area (Å²) in [4.78, 5) is 15.9. The van der Waals surface area contributed by atoms with Gasteiger partial charge in [-0.05, 0) is 64.2 Å². The molecule has 0 saturated carbocycles. The quantitative estimate of drug-likeness (QED) is 0.614. The lowest BCUT2D eigenvalue weighted by molar-refractivity contribution is 0.00578. The van der Waals surface area contributed by atoms with Crippen molar-refractivity contribution in [3.63, 3.8) is 0 Å². The fraction of sp³-hybridized carbons (Fsp3) is 0.429. The first-order valence-electron chi connectivity index (χ1n) is 9.07. The number of hydrogen-bond donors (Lipinski definition) is 0. The Morgan fingerprint density at radius 1 is 1.04 bits per heavy atom. The fourth-order valence-electron chi connectivity index (χ4n) is 3.11. The molecule has 3 rings (SSSR count). The molecule has 27 heavy (non-hydrogen) atoms. The van der Waals surface area contributed by atoms with E-state index in [-0.39, 0.29) is 11.2 Å². The van der Waals surface area contributed by atoms with Crippen LogP contribution in [0.4, 0.5) is 0 Å². The Kier molecular flexibility index (Phi) is 4.91. The van der Waals surface area contributed by atoms with E-state index in [1.165, 1.54) is 7.11 Å². The SMILES string of the molecule is COC(=O)c1cc(C)c(-c2ccc(C)c(B3OC(C)(C)C(C)(C)O3)c2)cn1. The monoisotopic (exact) mass is 367 g/mol. The average Bonchev–Trinajstić information content (AvgIpc) is 2.82. The number of carbonyl (C=O) groups excluding carboxylic acids is 1. The summed E-state index contributed by atoms with van der Waals surface area (Å²) in [6.07, 6.45) is 1.71. The molecule has 1 aromatic carbocycles. The van der Waals surface area contributed by atoms with Gasteiger partial charge in [0, 0.05) is 11.8 Å². The number of carbonyl (C=O) groups is 1. The number of aromatic nitrogens is 1. The van der Waals surface area contributed by atoms with Crippen LogP contribution in [0, 0.1) is 13.8 Å². The molecular weight excluding hydrogens is 341 g/mol. The van der Waals surface area contributed by atoms with Crippen LogP contribution < -0.4 is 5.46 Å². The van der Waals surface area contributed by atoms with E-state index >= 15 is 0 Å². The van der Waals surface area contributed by atoms with Gasteiger partial charge in [0.2, 0.25) is 0 Å². The van der Waals surface area contributed by atoms with Gasteiger partial charge in [0.05, 0.1) is 18.3 Å². The van der Waals surface area contributed by atoms with Gasteiger partial charge in [0.25, 0.3) is 0 Å². The van der Waals surface area contributed by atoms with Crippen molar-refractivity contribution in [3.8, 4) is 11.1 Å². The topological polar surface area (TPSA) is 57.7 Å². The molecule has 142 valence electrons. The van der Waals surface area contributed by atoms with Crippen molar-refractivity contribution in [2.45, 2.75) is 52.7 Å². The molecule has 1 aliphatic heterocycles. The Hall–Kier alpha value is -2.18. The van der Waals surface area contributed by atoms with Crippen LogP contribution in [0.25, 0.3) is 11.1 Å². The minimum Gasteiger partial charge on any atom is -0.464 e. The number of esters is 1. The van der Waals surface area contributed by atoms with E-state index in [9.17, 15) is 4.79 Å². The van der Waals surface area contributed by atoms with Gasteiger partial charge in [-0.2, -0.15) is 0 Å². The van der Waals surface area contributed by atoms with Gasteiger partial charge in [-0.15, -0.1) is 0 Å². The number of methoxy groups -OCH3 is 1. The van der Waals surface area contributed by atoms with Gasteiger partial charge in [-0.1, -0.05) is 23.8 Å². The summed E-state index contributed by atoms with van der Waals surface area (Å²) < 4.78 is 17.2. The first-order chi connectivity index (χ1) is 12.6. The number of pyridine rings is 1. The van der Waals surface area contributed by atoms with Gasteiger partial charge in [-0.3, -0.25) is 0 Å². The third kappa shape index (κ3) is 3.51. The van der Waals surface area contributed by atoms with Crippen LogP contribution in [0.5, 0.6) is 0 Å². The van der Waals surface area contributed by atoms with E-state index in [1.807, 2.05) is 40.7 Å². The normalized spacial score (nSPS) is 17.8. The highest BCUT2D eigenvalue weighted by Gasteiger charge is 2.52. The molecule has 1 saturated heterocycles. The molecule has 0 aliphatic carbocycles. The Labute approximate surface area is 161 Å². The van der Waals surface area contributed by atoms with Gasteiger partial charge >= 0.3 is 13.1 Å². The zero-order chi connectivity index (χ0) is 20.0. The fourth-order valence-corrected chi connectivity index (χ4v) is 3.11. The maximum absolute atomic E-state index is 11.7. The van der Waals surface area contributed by atoms with Crippen molar-refractivity contribution in [1.82, 2.24) is 4.98 Å². The number of nitrogens with zero attached hydrogens (tertiary/aromatic N) is 1. The highest BCUT2D eigenvalue weighted by Crippen LogP contribution is 2.37. The summed E-state index contributed by atoms with van der Waals surface area (Å²) >= 11 is 0. The Balaban J connectivity index is 1.99. The highest BCUT2D eigenvalue weighted by molar-refractivity contribution is 6.62. The first kappa shape index (κ1) is 19.6. The predicted molar refractivity (Wildman–Crippen MR) is 106 cm³/mol. The molecule has 2 aromatic rings. The second kappa shape index (κ2) is 6.77. The minimum absolute atomic E-state index is 0.303. The van der Waals surface area contributed by atoms with Crippen molar-refractivity contribution in [2.75, 3.05) is 7.11 Å². The zero-order valence-electron chi connectivity index (χ0n) is 17.0. The lowest BCUT2D eigenvalue weighted by Crippen LogP contribution is -2.41. The van der Waals surface area contributed by atoms with Gasteiger partial charge in [0.1, 0.15) is 5.69 Å². The summed E-state index contributed by atoms with van der Waals surface area (Å²) in [7, 11) is 0.932. The molecule has 2 heterocycles. The Bertz CT molecular complexity index is 876. The van der Waals surface area contributed by atoms with Gasteiger partial charge in [0.15, 0.2) is 0 Å². The maximum Gasteiger partial charge on any atom is 0.495 e.